The van der Waals surface area contributed by atoms with Crippen LogP contribution in [0.25, 0.3) is 0 Å². The maximum absolute atomic E-state index is 13.2. The molecule has 1 aliphatic rings. The number of thioether (sulfide) groups is 1. The highest BCUT2D eigenvalue weighted by Crippen LogP contribution is 2.24. The van der Waals surface area contributed by atoms with Gasteiger partial charge in [0.15, 0.2) is 0 Å². The van der Waals surface area contributed by atoms with Crippen LogP contribution in [0.1, 0.15) is 24.2 Å². The fourth-order valence-electron chi connectivity index (χ4n) is 2.13. The topological polar surface area (TPSA) is 49.4 Å². The van der Waals surface area contributed by atoms with Crippen LogP contribution in [-0.4, -0.2) is 40.9 Å². The lowest BCUT2D eigenvalue weighted by atomic mass is 10.1. The molecule has 0 unspecified atom stereocenters. The van der Waals surface area contributed by atoms with E-state index in [1.165, 1.54) is 16.7 Å². The summed E-state index contributed by atoms with van der Waals surface area (Å²) in [7, 11) is 0. The highest BCUT2D eigenvalue weighted by molar-refractivity contribution is 7.99. The van der Waals surface area contributed by atoms with Crippen LogP contribution in [0, 0.1) is 17.6 Å². The zero-order valence-corrected chi connectivity index (χ0v) is 13.3. The average molecular weight is 328 g/mol. The second kappa shape index (κ2) is 7.09. The molecule has 0 bridgehead atoms. The minimum absolute atomic E-state index is 0.0818. The van der Waals surface area contributed by atoms with Gasteiger partial charge in [-0.2, -0.15) is 0 Å². The van der Waals surface area contributed by atoms with Crippen LogP contribution in [0.2, 0.25) is 0 Å². The third-order valence-corrected chi connectivity index (χ3v) is 4.25. The summed E-state index contributed by atoms with van der Waals surface area (Å²) >= 11 is 1.44. The number of benzene rings is 1. The molecule has 7 heteroatoms. The van der Waals surface area contributed by atoms with Gasteiger partial charge in [-0.1, -0.05) is 13.8 Å². The second-order valence-electron chi connectivity index (χ2n) is 5.59. The molecule has 1 aromatic rings. The van der Waals surface area contributed by atoms with E-state index in [4.69, 9.17) is 0 Å². The minimum atomic E-state index is -0.809. The summed E-state index contributed by atoms with van der Waals surface area (Å²) in [5, 5.41) is 2.79. The number of hydrogen-bond donors (Lipinski definition) is 1. The molecule has 1 atom stereocenters. The highest BCUT2D eigenvalue weighted by atomic mass is 32.2. The number of nitrogens with one attached hydrogen (secondary N) is 1. The van der Waals surface area contributed by atoms with Crippen LogP contribution in [0.5, 0.6) is 0 Å². The van der Waals surface area contributed by atoms with Crippen molar-refractivity contribution in [2.45, 2.75) is 19.9 Å². The predicted octanol–water partition coefficient (Wildman–Crippen LogP) is 2.25. The first kappa shape index (κ1) is 16.7. The first-order valence-corrected chi connectivity index (χ1v) is 8.16. The second-order valence-corrected chi connectivity index (χ2v) is 6.59. The van der Waals surface area contributed by atoms with E-state index in [9.17, 15) is 18.4 Å². The van der Waals surface area contributed by atoms with Gasteiger partial charge in [0, 0.05) is 23.9 Å². The fraction of sp³-hybridized carbons (Fsp3) is 0.467. The largest absolute Gasteiger partial charge is 0.354 e. The van der Waals surface area contributed by atoms with Gasteiger partial charge in [0.25, 0.3) is 5.91 Å². The SMILES string of the molecule is CC(C)CNC(=O)[C@H]1CSCN1C(=O)c1cc(F)cc(F)c1. The summed E-state index contributed by atoms with van der Waals surface area (Å²) in [4.78, 5) is 25.9. The number of carbonyl (C=O) groups excluding carboxylic acids is 2. The first-order chi connectivity index (χ1) is 10.4. The molecule has 1 N–H and O–H groups in total. The predicted molar refractivity (Wildman–Crippen MR) is 81.5 cm³/mol. The van der Waals surface area contributed by atoms with Crippen molar-refractivity contribution < 1.29 is 18.4 Å². The van der Waals surface area contributed by atoms with E-state index in [0.29, 0.717) is 30.2 Å². The van der Waals surface area contributed by atoms with Gasteiger partial charge in [0.2, 0.25) is 5.91 Å². The molecule has 0 radical (unpaired) electrons. The van der Waals surface area contributed by atoms with E-state index in [2.05, 4.69) is 5.32 Å². The molecule has 2 amide bonds. The number of hydrogen-bond acceptors (Lipinski definition) is 3. The third kappa shape index (κ3) is 3.97. The number of carbonyl (C=O) groups is 2. The van der Waals surface area contributed by atoms with Crippen molar-refractivity contribution >= 4 is 23.6 Å². The molecule has 2 rings (SSSR count). The van der Waals surface area contributed by atoms with E-state index in [0.717, 1.165) is 12.1 Å². The van der Waals surface area contributed by atoms with Gasteiger partial charge in [-0.3, -0.25) is 9.59 Å². The lowest BCUT2D eigenvalue weighted by Crippen LogP contribution is -2.48. The summed E-state index contributed by atoms with van der Waals surface area (Å²) < 4.78 is 26.5. The molecule has 0 spiro atoms. The molecule has 1 heterocycles. The van der Waals surface area contributed by atoms with Crippen molar-refractivity contribution in [3.8, 4) is 0 Å². The van der Waals surface area contributed by atoms with Gasteiger partial charge in [-0.15, -0.1) is 11.8 Å². The molecule has 1 aromatic carbocycles. The Morgan fingerprint density at radius 3 is 2.55 bits per heavy atom. The Labute approximate surface area is 132 Å². The van der Waals surface area contributed by atoms with E-state index in [1.807, 2.05) is 13.8 Å². The molecular formula is C15H18F2N2O2S. The first-order valence-electron chi connectivity index (χ1n) is 7.01. The number of halogens is 2. The number of amides is 2. The summed E-state index contributed by atoms with van der Waals surface area (Å²) in [6, 6.07) is 2.07. The maximum Gasteiger partial charge on any atom is 0.255 e. The summed E-state index contributed by atoms with van der Waals surface area (Å²) in [6.07, 6.45) is 0. The van der Waals surface area contributed by atoms with Crippen molar-refractivity contribution in [3.05, 3.63) is 35.4 Å². The Morgan fingerprint density at radius 2 is 1.95 bits per heavy atom. The van der Waals surface area contributed by atoms with E-state index >= 15 is 0 Å². The molecule has 1 saturated heterocycles. The Morgan fingerprint density at radius 1 is 1.32 bits per heavy atom. The van der Waals surface area contributed by atoms with Gasteiger partial charge in [-0.25, -0.2) is 8.78 Å². The molecule has 1 aliphatic heterocycles. The van der Waals surface area contributed by atoms with Gasteiger partial charge < -0.3 is 10.2 Å². The van der Waals surface area contributed by atoms with Crippen LogP contribution in [0.3, 0.4) is 0 Å². The number of rotatable bonds is 4. The lowest BCUT2D eigenvalue weighted by molar-refractivity contribution is -0.124. The van der Waals surface area contributed by atoms with Crippen molar-refractivity contribution in [2.24, 2.45) is 5.92 Å². The fourth-order valence-corrected chi connectivity index (χ4v) is 3.28. The summed E-state index contributed by atoms with van der Waals surface area (Å²) in [5.41, 5.74) is -0.0818. The number of nitrogens with zero attached hydrogens (tertiary/aromatic N) is 1. The van der Waals surface area contributed by atoms with Gasteiger partial charge in [0.05, 0.1) is 5.88 Å². The average Bonchev–Trinajstić information content (AvgIpc) is 2.92. The Bertz CT molecular complexity index is 560. The molecular weight excluding hydrogens is 310 g/mol. The Balaban J connectivity index is 2.12. The van der Waals surface area contributed by atoms with Gasteiger partial charge in [-0.05, 0) is 18.1 Å². The zero-order chi connectivity index (χ0) is 16.3. The van der Waals surface area contributed by atoms with Gasteiger partial charge in [0.1, 0.15) is 17.7 Å². The van der Waals surface area contributed by atoms with E-state index in [-0.39, 0.29) is 11.5 Å². The maximum atomic E-state index is 13.2. The zero-order valence-electron chi connectivity index (χ0n) is 12.4. The van der Waals surface area contributed by atoms with Crippen molar-refractivity contribution in [1.82, 2.24) is 10.2 Å². The standard InChI is InChI=1S/C15H18F2N2O2S/c1-9(2)6-18-14(20)13-7-22-8-19(13)15(21)10-3-11(16)5-12(17)4-10/h3-5,9,13H,6-8H2,1-2H3,(H,18,20)/t13-/m1/s1. The van der Waals surface area contributed by atoms with Crippen molar-refractivity contribution in [1.29, 1.82) is 0 Å². The normalized spacial score (nSPS) is 17.9. The Hall–Kier alpha value is -1.63. The quantitative estimate of drug-likeness (QED) is 0.922. The highest BCUT2D eigenvalue weighted by Gasteiger charge is 2.35. The molecule has 1 fully saturated rings. The van der Waals surface area contributed by atoms with Crippen LogP contribution in [-0.2, 0) is 4.79 Å². The summed E-state index contributed by atoms with van der Waals surface area (Å²) in [6.45, 7) is 4.47. The summed E-state index contributed by atoms with van der Waals surface area (Å²) in [5.74, 6) is -1.27. The Kier molecular flexibility index (Phi) is 5.39. The van der Waals surface area contributed by atoms with E-state index in [1.54, 1.807) is 0 Å². The van der Waals surface area contributed by atoms with Crippen LogP contribution in [0.15, 0.2) is 18.2 Å². The third-order valence-electron chi connectivity index (χ3n) is 3.24. The smallest absolute Gasteiger partial charge is 0.255 e. The molecule has 22 heavy (non-hydrogen) atoms. The van der Waals surface area contributed by atoms with Crippen molar-refractivity contribution in [3.63, 3.8) is 0 Å². The monoisotopic (exact) mass is 328 g/mol. The van der Waals surface area contributed by atoms with Gasteiger partial charge >= 0.3 is 0 Å². The van der Waals surface area contributed by atoms with Crippen molar-refractivity contribution in [2.75, 3.05) is 18.2 Å². The molecule has 120 valence electrons. The molecule has 0 aromatic heterocycles. The van der Waals surface area contributed by atoms with Crippen LogP contribution < -0.4 is 5.32 Å². The minimum Gasteiger partial charge on any atom is -0.354 e. The molecule has 0 saturated carbocycles. The van der Waals surface area contributed by atoms with E-state index < -0.39 is 23.6 Å². The lowest BCUT2D eigenvalue weighted by Gasteiger charge is -2.23. The van der Waals surface area contributed by atoms with Crippen LogP contribution in [0.4, 0.5) is 8.78 Å². The molecule has 4 nitrogen and oxygen atoms in total. The molecule has 0 aliphatic carbocycles. The van der Waals surface area contributed by atoms with Crippen LogP contribution >= 0.6 is 11.8 Å².